The van der Waals surface area contributed by atoms with Gasteiger partial charge in [0.15, 0.2) is 5.78 Å². The maximum Gasteiger partial charge on any atom is 0.162 e. The van der Waals surface area contributed by atoms with Crippen LogP contribution in [0.4, 0.5) is 0 Å². The third-order valence-corrected chi connectivity index (χ3v) is 4.48. The summed E-state index contributed by atoms with van der Waals surface area (Å²) in [7, 11) is 1.70. The van der Waals surface area contributed by atoms with Crippen LogP contribution < -0.4 is 0 Å². The molecule has 0 aromatic carbocycles. The monoisotopic (exact) mass is 254 g/mol. The second-order valence-electron chi connectivity index (χ2n) is 5.78. The highest BCUT2D eigenvalue weighted by molar-refractivity contribution is 5.83. The summed E-state index contributed by atoms with van der Waals surface area (Å²) in [6, 6.07) is 0. The molecule has 104 valence electrons. The number of methoxy groups -OCH3 is 1. The van der Waals surface area contributed by atoms with Gasteiger partial charge in [0.2, 0.25) is 0 Å². The Hall–Kier alpha value is -0.410. The summed E-state index contributed by atoms with van der Waals surface area (Å²) in [6.07, 6.45) is 8.78. The quantitative estimate of drug-likeness (QED) is 0.756. The van der Waals surface area contributed by atoms with Crippen molar-refractivity contribution in [2.24, 2.45) is 11.8 Å². The number of Topliss-reactive ketones (excluding diaryl/α,β-unsaturated/α-hetero) is 1. The van der Waals surface area contributed by atoms with Crippen LogP contribution in [0.3, 0.4) is 0 Å². The van der Waals surface area contributed by atoms with E-state index in [1.54, 1.807) is 7.11 Å². The zero-order valence-corrected chi connectivity index (χ0v) is 11.5. The SMILES string of the molecule is COC(C(=O)CC1CCOCC1)C1CCCCC1. The zero-order chi connectivity index (χ0) is 12.8. The Balaban J connectivity index is 1.83. The lowest BCUT2D eigenvalue weighted by Gasteiger charge is -2.30. The van der Waals surface area contributed by atoms with Crippen LogP contribution in [0.1, 0.15) is 51.4 Å². The van der Waals surface area contributed by atoms with Gasteiger partial charge >= 0.3 is 0 Å². The normalized spacial score (nSPS) is 24.9. The van der Waals surface area contributed by atoms with Crippen LogP contribution >= 0.6 is 0 Å². The predicted octanol–water partition coefficient (Wildman–Crippen LogP) is 2.97. The number of hydrogen-bond acceptors (Lipinski definition) is 3. The van der Waals surface area contributed by atoms with Gasteiger partial charge in [-0.15, -0.1) is 0 Å². The molecule has 3 heteroatoms. The van der Waals surface area contributed by atoms with Crippen molar-refractivity contribution in [1.29, 1.82) is 0 Å². The van der Waals surface area contributed by atoms with E-state index in [2.05, 4.69) is 0 Å². The summed E-state index contributed by atoms with van der Waals surface area (Å²) < 4.78 is 10.9. The van der Waals surface area contributed by atoms with Gasteiger partial charge in [-0.25, -0.2) is 0 Å². The van der Waals surface area contributed by atoms with Gasteiger partial charge in [-0.2, -0.15) is 0 Å². The fourth-order valence-electron chi connectivity index (χ4n) is 3.37. The van der Waals surface area contributed by atoms with Crippen LogP contribution in [0.2, 0.25) is 0 Å². The summed E-state index contributed by atoms with van der Waals surface area (Å²) in [5, 5.41) is 0. The summed E-state index contributed by atoms with van der Waals surface area (Å²) >= 11 is 0. The van der Waals surface area contributed by atoms with E-state index in [-0.39, 0.29) is 6.10 Å². The Morgan fingerprint density at radius 2 is 1.83 bits per heavy atom. The molecule has 0 aromatic heterocycles. The highest BCUT2D eigenvalue weighted by atomic mass is 16.5. The number of ether oxygens (including phenoxy) is 2. The largest absolute Gasteiger partial charge is 0.381 e. The fraction of sp³-hybridized carbons (Fsp3) is 0.933. The Bertz CT molecular complexity index is 252. The predicted molar refractivity (Wildman–Crippen MR) is 70.5 cm³/mol. The molecule has 0 spiro atoms. The second kappa shape index (κ2) is 7.25. The van der Waals surface area contributed by atoms with Gasteiger partial charge in [0, 0.05) is 26.7 Å². The first kappa shape index (κ1) is 14.0. The summed E-state index contributed by atoms with van der Waals surface area (Å²) in [5.74, 6) is 1.32. The minimum atomic E-state index is -0.145. The van der Waals surface area contributed by atoms with Crippen molar-refractivity contribution in [3.05, 3.63) is 0 Å². The van der Waals surface area contributed by atoms with Crippen LogP contribution in [0, 0.1) is 11.8 Å². The fourth-order valence-corrected chi connectivity index (χ4v) is 3.37. The lowest BCUT2D eigenvalue weighted by Crippen LogP contribution is -2.34. The van der Waals surface area contributed by atoms with E-state index < -0.39 is 0 Å². The second-order valence-corrected chi connectivity index (χ2v) is 5.78. The van der Waals surface area contributed by atoms with Gasteiger partial charge in [0.05, 0.1) is 0 Å². The molecule has 0 N–H and O–H groups in total. The van der Waals surface area contributed by atoms with Crippen molar-refractivity contribution in [3.8, 4) is 0 Å². The maximum absolute atomic E-state index is 12.4. The highest BCUT2D eigenvalue weighted by Crippen LogP contribution is 2.30. The Morgan fingerprint density at radius 3 is 2.44 bits per heavy atom. The van der Waals surface area contributed by atoms with Crippen LogP contribution in [-0.4, -0.2) is 32.2 Å². The van der Waals surface area contributed by atoms with E-state index in [1.165, 1.54) is 19.3 Å². The Kier molecular flexibility index (Phi) is 5.64. The first-order valence-corrected chi connectivity index (χ1v) is 7.44. The van der Waals surface area contributed by atoms with Gasteiger partial charge in [0.1, 0.15) is 6.10 Å². The van der Waals surface area contributed by atoms with Crippen LogP contribution in [0.15, 0.2) is 0 Å². The molecular formula is C15H26O3. The summed E-state index contributed by atoms with van der Waals surface area (Å²) in [6.45, 7) is 1.64. The lowest BCUT2D eigenvalue weighted by atomic mass is 9.81. The van der Waals surface area contributed by atoms with Crippen LogP contribution in [0.5, 0.6) is 0 Å². The van der Waals surface area contributed by atoms with Crippen LogP contribution in [0.25, 0.3) is 0 Å². The van der Waals surface area contributed by atoms with Crippen molar-refractivity contribution in [3.63, 3.8) is 0 Å². The Labute approximate surface area is 110 Å². The molecule has 1 saturated heterocycles. The minimum Gasteiger partial charge on any atom is -0.381 e. The molecule has 0 radical (unpaired) electrons. The van der Waals surface area contributed by atoms with E-state index in [0.29, 0.717) is 24.0 Å². The lowest BCUT2D eigenvalue weighted by molar-refractivity contribution is -0.134. The molecule has 1 unspecified atom stereocenters. The van der Waals surface area contributed by atoms with E-state index in [4.69, 9.17) is 9.47 Å². The third-order valence-electron chi connectivity index (χ3n) is 4.48. The summed E-state index contributed by atoms with van der Waals surface area (Å²) in [4.78, 5) is 12.4. The molecular weight excluding hydrogens is 228 g/mol. The third kappa shape index (κ3) is 3.79. The molecule has 2 fully saturated rings. The number of rotatable bonds is 5. The molecule has 1 heterocycles. The average molecular weight is 254 g/mol. The first-order chi connectivity index (χ1) is 8.81. The van der Waals surface area contributed by atoms with E-state index in [9.17, 15) is 4.79 Å². The number of carbonyl (C=O) groups excluding carboxylic acids is 1. The van der Waals surface area contributed by atoms with Gasteiger partial charge < -0.3 is 9.47 Å². The summed E-state index contributed by atoms with van der Waals surface area (Å²) in [5.41, 5.74) is 0. The van der Waals surface area contributed by atoms with E-state index in [0.717, 1.165) is 38.9 Å². The first-order valence-electron chi connectivity index (χ1n) is 7.44. The molecule has 0 aromatic rings. The molecule has 0 bridgehead atoms. The molecule has 1 atom stereocenters. The number of ketones is 1. The molecule has 1 aliphatic carbocycles. The molecule has 2 rings (SSSR count). The van der Waals surface area contributed by atoms with Gasteiger partial charge in [-0.1, -0.05) is 19.3 Å². The zero-order valence-electron chi connectivity index (χ0n) is 11.5. The molecule has 0 amide bonds. The molecule has 18 heavy (non-hydrogen) atoms. The van der Waals surface area contributed by atoms with Gasteiger partial charge in [-0.05, 0) is 37.5 Å². The molecule has 3 nitrogen and oxygen atoms in total. The number of carbonyl (C=O) groups is 1. The van der Waals surface area contributed by atoms with Gasteiger partial charge in [-0.3, -0.25) is 4.79 Å². The van der Waals surface area contributed by atoms with Crippen molar-refractivity contribution in [2.45, 2.75) is 57.5 Å². The maximum atomic E-state index is 12.4. The minimum absolute atomic E-state index is 0.145. The number of hydrogen-bond donors (Lipinski definition) is 0. The molecule has 1 aliphatic heterocycles. The standard InChI is InChI=1S/C15H26O3/c1-17-15(13-5-3-2-4-6-13)14(16)11-12-7-9-18-10-8-12/h12-13,15H,2-11H2,1H3. The van der Waals surface area contributed by atoms with E-state index in [1.807, 2.05) is 0 Å². The topological polar surface area (TPSA) is 35.5 Å². The Morgan fingerprint density at radius 1 is 1.17 bits per heavy atom. The molecule has 2 aliphatic rings. The van der Waals surface area contributed by atoms with Crippen LogP contribution in [-0.2, 0) is 14.3 Å². The van der Waals surface area contributed by atoms with Crippen molar-refractivity contribution >= 4 is 5.78 Å². The van der Waals surface area contributed by atoms with Crippen molar-refractivity contribution in [1.82, 2.24) is 0 Å². The molecule has 1 saturated carbocycles. The highest BCUT2D eigenvalue weighted by Gasteiger charge is 2.30. The van der Waals surface area contributed by atoms with Crippen molar-refractivity contribution < 1.29 is 14.3 Å². The average Bonchev–Trinajstić information content (AvgIpc) is 2.42. The van der Waals surface area contributed by atoms with E-state index >= 15 is 0 Å². The van der Waals surface area contributed by atoms with Crippen molar-refractivity contribution in [2.75, 3.05) is 20.3 Å². The van der Waals surface area contributed by atoms with Gasteiger partial charge in [0.25, 0.3) is 0 Å². The smallest absolute Gasteiger partial charge is 0.162 e.